The zero-order chi connectivity index (χ0) is 33.0. The van der Waals surface area contributed by atoms with E-state index >= 15 is 0 Å². The highest BCUT2D eigenvalue weighted by molar-refractivity contribution is 6.29. The summed E-state index contributed by atoms with van der Waals surface area (Å²) in [5, 5.41) is 15.4. The molecule has 0 spiro atoms. The zero-order valence-corrected chi connectivity index (χ0v) is 26.4. The van der Waals surface area contributed by atoms with Crippen molar-refractivity contribution in [3.05, 3.63) is 101 Å². The number of rotatable bonds is 18. The molecule has 0 saturated heterocycles. The molecule has 3 aromatic rings. The molecule has 3 rings (SSSR count). The van der Waals surface area contributed by atoms with E-state index < -0.39 is 18.3 Å². The fourth-order valence-corrected chi connectivity index (χ4v) is 4.44. The van der Waals surface area contributed by atoms with Gasteiger partial charge in [0.25, 0.3) is 5.91 Å². The van der Waals surface area contributed by atoms with Crippen LogP contribution >= 0.6 is 11.6 Å². The van der Waals surface area contributed by atoms with E-state index in [9.17, 15) is 24.3 Å². The van der Waals surface area contributed by atoms with Gasteiger partial charge in [-0.1, -0.05) is 72.3 Å². The molecule has 1 heterocycles. The number of aromatic nitrogens is 1. The van der Waals surface area contributed by atoms with Gasteiger partial charge in [-0.25, -0.2) is 19.4 Å². The Morgan fingerprint density at radius 2 is 1.24 bits per heavy atom. The first-order valence-corrected chi connectivity index (χ1v) is 15.5. The van der Waals surface area contributed by atoms with Gasteiger partial charge >= 0.3 is 18.3 Å². The van der Waals surface area contributed by atoms with Crippen molar-refractivity contribution in [2.45, 2.75) is 38.9 Å². The van der Waals surface area contributed by atoms with Crippen molar-refractivity contribution in [2.75, 3.05) is 39.3 Å². The predicted molar refractivity (Wildman–Crippen MR) is 172 cm³/mol. The number of unbranched alkanes of at least 4 members (excludes halogenated alkanes) is 1. The number of carbonyl (C=O) groups excluding carboxylic acids is 3. The fraction of sp³-hybridized carbons (Fsp3) is 0.364. The summed E-state index contributed by atoms with van der Waals surface area (Å²) in [7, 11) is 0. The molecular weight excluding hydrogens is 614 g/mol. The minimum atomic E-state index is -1.06. The van der Waals surface area contributed by atoms with E-state index in [1.165, 1.54) is 17.2 Å². The third-order valence-corrected chi connectivity index (χ3v) is 7.03. The normalized spacial score (nSPS) is 10.5. The highest BCUT2D eigenvalue weighted by Gasteiger charge is 2.17. The molecule has 13 heteroatoms. The van der Waals surface area contributed by atoms with E-state index in [4.69, 9.17) is 21.1 Å². The van der Waals surface area contributed by atoms with Gasteiger partial charge < -0.3 is 35.0 Å². The standard InChI is InChI=1S/C33H40ClN5O7/c34-29-16-15-28(23-37-29)30(40)35-17-9-22-39(33(44)46-25-27-13-5-2-6-14-27)20-8-7-19-38(32(42)43)21-10-18-36-31(41)45-24-26-11-3-1-4-12-26/h1-6,11-16,23H,7-10,17-22,24-25H2,(H,35,40)(H,36,41)(H,42,43). The van der Waals surface area contributed by atoms with E-state index in [1.807, 2.05) is 60.7 Å². The number of pyridine rings is 1. The maximum absolute atomic E-state index is 12.9. The van der Waals surface area contributed by atoms with Crippen LogP contribution in [0.3, 0.4) is 0 Å². The molecule has 46 heavy (non-hydrogen) atoms. The first-order valence-electron chi connectivity index (χ1n) is 15.1. The van der Waals surface area contributed by atoms with Gasteiger partial charge in [-0.2, -0.15) is 0 Å². The van der Waals surface area contributed by atoms with E-state index in [0.717, 1.165) is 11.1 Å². The van der Waals surface area contributed by atoms with Gasteiger partial charge in [0.2, 0.25) is 0 Å². The minimum absolute atomic E-state index is 0.122. The summed E-state index contributed by atoms with van der Waals surface area (Å²) in [5.41, 5.74) is 2.11. The summed E-state index contributed by atoms with van der Waals surface area (Å²) in [4.78, 5) is 55.8. The van der Waals surface area contributed by atoms with Gasteiger partial charge in [-0.05, 0) is 48.9 Å². The number of hydrogen-bond acceptors (Lipinski definition) is 7. The van der Waals surface area contributed by atoms with Gasteiger partial charge in [0, 0.05) is 45.5 Å². The molecule has 0 aliphatic rings. The third-order valence-electron chi connectivity index (χ3n) is 6.81. The number of nitrogens with one attached hydrogen (secondary N) is 2. The van der Waals surface area contributed by atoms with Crippen molar-refractivity contribution in [2.24, 2.45) is 0 Å². The number of hydrogen-bond donors (Lipinski definition) is 3. The van der Waals surface area contributed by atoms with E-state index in [-0.39, 0.29) is 38.8 Å². The Balaban J connectivity index is 1.39. The Morgan fingerprint density at radius 1 is 0.696 bits per heavy atom. The second-order valence-corrected chi connectivity index (χ2v) is 10.7. The van der Waals surface area contributed by atoms with Crippen LogP contribution in [0.25, 0.3) is 0 Å². The number of carbonyl (C=O) groups is 4. The van der Waals surface area contributed by atoms with Crippen LogP contribution in [0.5, 0.6) is 0 Å². The summed E-state index contributed by atoms with van der Waals surface area (Å²) in [6.07, 6.45) is 1.24. The summed E-state index contributed by atoms with van der Waals surface area (Å²) in [6, 6.07) is 21.7. The zero-order valence-electron chi connectivity index (χ0n) is 25.6. The molecule has 3 N–H and O–H groups in total. The molecule has 0 aliphatic heterocycles. The second-order valence-electron chi connectivity index (χ2n) is 10.3. The van der Waals surface area contributed by atoms with E-state index in [0.29, 0.717) is 56.0 Å². The largest absolute Gasteiger partial charge is 0.465 e. The average Bonchev–Trinajstić information content (AvgIpc) is 3.07. The van der Waals surface area contributed by atoms with Crippen LogP contribution in [0, 0.1) is 0 Å². The highest BCUT2D eigenvalue weighted by Crippen LogP contribution is 2.08. The number of alkyl carbamates (subject to hydrolysis) is 1. The first-order chi connectivity index (χ1) is 22.3. The third kappa shape index (κ3) is 13.9. The topological polar surface area (TPSA) is 150 Å². The molecule has 0 unspecified atom stereocenters. The van der Waals surface area contributed by atoms with Gasteiger partial charge in [0.1, 0.15) is 18.4 Å². The maximum atomic E-state index is 12.9. The van der Waals surface area contributed by atoms with E-state index in [2.05, 4.69) is 15.6 Å². The number of ether oxygens (including phenoxy) is 2. The Morgan fingerprint density at radius 3 is 1.83 bits per heavy atom. The molecule has 1 aromatic heterocycles. The van der Waals surface area contributed by atoms with E-state index in [1.54, 1.807) is 11.0 Å². The molecule has 0 atom stereocenters. The molecule has 12 nitrogen and oxygen atoms in total. The number of carboxylic acid groups (broad SMARTS) is 1. The average molecular weight is 654 g/mol. The number of amides is 4. The second kappa shape index (κ2) is 20.2. The Hall–Kier alpha value is -4.84. The molecule has 246 valence electrons. The highest BCUT2D eigenvalue weighted by atomic mass is 35.5. The maximum Gasteiger partial charge on any atom is 0.410 e. The predicted octanol–water partition coefficient (Wildman–Crippen LogP) is 5.57. The lowest BCUT2D eigenvalue weighted by Crippen LogP contribution is -2.37. The lowest BCUT2D eigenvalue weighted by atomic mass is 10.2. The minimum Gasteiger partial charge on any atom is -0.465 e. The molecule has 0 bridgehead atoms. The van der Waals surface area contributed by atoms with Gasteiger partial charge in [-0.15, -0.1) is 0 Å². The summed E-state index contributed by atoms with van der Waals surface area (Å²) < 4.78 is 10.7. The number of benzene rings is 2. The number of nitrogens with zero attached hydrogens (tertiary/aromatic N) is 3. The van der Waals surface area contributed by atoms with Crippen LogP contribution in [-0.2, 0) is 22.7 Å². The van der Waals surface area contributed by atoms with Crippen molar-refractivity contribution in [1.82, 2.24) is 25.4 Å². The molecule has 2 aromatic carbocycles. The smallest absolute Gasteiger partial charge is 0.410 e. The molecule has 0 radical (unpaired) electrons. The van der Waals surface area contributed by atoms with Crippen LogP contribution in [0.2, 0.25) is 5.15 Å². The molecule has 0 fully saturated rings. The Labute approximate surface area is 273 Å². The molecule has 0 aliphatic carbocycles. The quantitative estimate of drug-likeness (QED) is 0.119. The van der Waals surface area contributed by atoms with Crippen molar-refractivity contribution in [3.8, 4) is 0 Å². The van der Waals surface area contributed by atoms with Crippen molar-refractivity contribution in [1.29, 1.82) is 0 Å². The monoisotopic (exact) mass is 653 g/mol. The Bertz CT molecular complexity index is 1360. The number of halogens is 1. The first kappa shape index (κ1) is 35.6. The van der Waals surface area contributed by atoms with Gasteiger partial charge in [0.05, 0.1) is 5.56 Å². The van der Waals surface area contributed by atoms with Gasteiger partial charge in [0.15, 0.2) is 0 Å². The van der Waals surface area contributed by atoms with Crippen molar-refractivity contribution >= 4 is 35.8 Å². The Kier molecular flexibility index (Phi) is 15.7. The fourth-order valence-electron chi connectivity index (χ4n) is 4.33. The van der Waals surface area contributed by atoms with Gasteiger partial charge in [-0.3, -0.25) is 4.79 Å². The van der Waals surface area contributed by atoms with Crippen LogP contribution in [0.15, 0.2) is 79.0 Å². The lowest BCUT2D eigenvalue weighted by molar-refractivity contribution is 0.0924. The summed E-state index contributed by atoms with van der Waals surface area (Å²) in [6.45, 7) is 2.06. The van der Waals surface area contributed by atoms with Crippen LogP contribution in [0.4, 0.5) is 14.4 Å². The molecule has 0 saturated carbocycles. The van der Waals surface area contributed by atoms with Crippen LogP contribution in [0.1, 0.15) is 47.2 Å². The molecular formula is C33H40ClN5O7. The summed E-state index contributed by atoms with van der Waals surface area (Å²) >= 11 is 5.78. The van der Waals surface area contributed by atoms with Crippen LogP contribution in [-0.4, -0.2) is 83.3 Å². The van der Waals surface area contributed by atoms with Crippen molar-refractivity contribution < 1.29 is 33.8 Å². The van der Waals surface area contributed by atoms with Crippen molar-refractivity contribution in [3.63, 3.8) is 0 Å². The van der Waals surface area contributed by atoms with Crippen LogP contribution < -0.4 is 10.6 Å². The lowest BCUT2D eigenvalue weighted by Gasteiger charge is -2.23. The molecule has 4 amide bonds. The summed E-state index contributed by atoms with van der Waals surface area (Å²) in [5.74, 6) is -0.296. The SMILES string of the molecule is O=C(NCCCN(CCCCN(CCCNC(=O)c1ccc(Cl)nc1)C(=O)OCc1ccccc1)C(=O)O)OCc1ccccc1.